The van der Waals surface area contributed by atoms with Gasteiger partial charge in [-0.15, -0.1) is 0 Å². The Morgan fingerprint density at radius 2 is 1.80 bits per heavy atom. The van der Waals surface area contributed by atoms with Gasteiger partial charge in [-0.05, 0) is 44.2 Å². The van der Waals surface area contributed by atoms with Crippen molar-refractivity contribution in [1.29, 1.82) is 0 Å². The highest BCUT2D eigenvalue weighted by Gasteiger charge is 2.13. The highest BCUT2D eigenvalue weighted by Crippen LogP contribution is 2.23. The summed E-state index contributed by atoms with van der Waals surface area (Å²) < 4.78 is 15.3. The van der Waals surface area contributed by atoms with E-state index in [0.29, 0.717) is 18.0 Å². The number of carbonyl (C=O) groups is 2. The van der Waals surface area contributed by atoms with E-state index < -0.39 is 5.97 Å². The number of esters is 1. The van der Waals surface area contributed by atoms with Crippen LogP contribution in [0.3, 0.4) is 0 Å². The summed E-state index contributed by atoms with van der Waals surface area (Å²) in [6.45, 7) is 0.257. The van der Waals surface area contributed by atoms with Gasteiger partial charge in [0.2, 0.25) is 0 Å². The molecule has 1 amide bonds. The molecule has 0 heterocycles. The fourth-order valence-electron chi connectivity index (χ4n) is 2.68. The van der Waals surface area contributed by atoms with Crippen LogP contribution < -0.4 is 14.8 Å². The third kappa shape index (κ3) is 6.14. The quantitative estimate of drug-likeness (QED) is 0.578. The van der Waals surface area contributed by atoms with Gasteiger partial charge in [0.1, 0.15) is 11.5 Å². The molecule has 0 aromatic heterocycles. The summed E-state index contributed by atoms with van der Waals surface area (Å²) in [5, 5.41) is 2.78. The van der Waals surface area contributed by atoms with Crippen molar-refractivity contribution in [2.24, 2.45) is 0 Å². The molecule has 25 heavy (non-hydrogen) atoms. The molecule has 0 saturated heterocycles. The number of ether oxygens (including phenoxy) is 3. The van der Waals surface area contributed by atoms with Gasteiger partial charge in [0.15, 0.2) is 6.61 Å². The normalized spacial score (nSPS) is 13.6. The smallest absolute Gasteiger partial charge is 0.338 e. The van der Waals surface area contributed by atoms with E-state index in [1.165, 1.54) is 44.8 Å². The lowest BCUT2D eigenvalue weighted by Crippen LogP contribution is -2.29. The molecule has 0 atom stereocenters. The summed E-state index contributed by atoms with van der Waals surface area (Å²) in [4.78, 5) is 23.9. The van der Waals surface area contributed by atoms with Gasteiger partial charge in [-0.1, -0.05) is 11.6 Å². The number of rotatable bonds is 8. The van der Waals surface area contributed by atoms with E-state index in [0.717, 1.165) is 19.3 Å². The second kappa shape index (κ2) is 9.71. The van der Waals surface area contributed by atoms with E-state index >= 15 is 0 Å². The van der Waals surface area contributed by atoms with Crippen LogP contribution in [0.4, 0.5) is 0 Å². The largest absolute Gasteiger partial charge is 0.497 e. The number of methoxy groups -OCH3 is 2. The average molecular weight is 347 g/mol. The number of nitrogens with one attached hydrogen (secondary N) is 1. The first-order chi connectivity index (χ1) is 12.1. The van der Waals surface area contributed by atoms with Gasteiger partial charge in [0, 0.05) is 12.6 Å². The predicted octanol–water partition coefficient (Wildman–Crippen LogP) is 2.87. The minimum absolute atomic E-state index is 0.274. The van der Waals surface area contributed by atoms with Crippen molar-refractivity contribution in [2.75, 3.05) is 27.4 Å². The third-order valence-corrected chi connectivity index (χ3v) is 4.07. The third-order valence-electron chi connectivity index (χ3n) is 4.07. The maximum absolute atomic E-state index is 12.1. The number of hydrogen-bond acceptors (Lipinski definition) is 5. The molecule has 1 aromatic carbocycles. The standard InChI is InChI=1S/C19H25NO5/c1-23-16-10-15(11-17(12-16)24-2)19(22)25-13-18(21)20-9-8-14-6-4-3-5-7-14/h6,10-12H,3-5,7-9,13H2,1-2H3,(H,20,21). The minimum Gasteiger partial charge on any atom is -0.497 e. The molecule has 1 aliphatic rings. The zero-order chi connectivity index (χ0) is 18.1. The van der Waals surface area contributed by atoms with Gasteiger partial charge in [-0.2, -0.15) is 0 Å². The molecule has 0 bridgehead atoms. The van der Waals surface area contributed by atoms with Crippen LogP contribution in [0.15, 0.2) is 29.8 Å². The molecule has 0 spiro atoms. The summed E-state index contributed by atoms with van der Waals surface area (Å²) in [6, 6.07) is 4.74. The van der Waals surface area contributed by atoms with Crippen LogP contribution >= 0.6 is 0 Å². The number of carbonyl (C=O) groups excluding carboxylic acids is 2. The van der Waals surface area contributed by atoms with Crippen LogP contribution in [0.5, 0.6) is 11.5 Å². The van der Waals surface area contributed by atoms with E-state index in [1.807, 2.05) is 0 Å². The molecule has 6 heteroatoms. The Labute approximate surface area is 148 Å². The Balaban J connectivity index is 1.77. The molecule has 0 radical (unpaired) electrons. The summed E-state index contributed by atoms with van der Waals surface area (Å²) in [5.41, 5.74) is 1.67. The summed E-state index contributed by atoms with van der Waals surface area (Å²) >= 11 is 0. The highest BCUT2D eigenvalue weighted by atomic mass is 16.5. The second-order valence-electron chi connectivity index (χ2n) is 5.89. The van der Waals surface area contributed by atoms with E-state index in [2.05, 4.69) is 11.4 Å². The molecule has 1 aliphatic carbocycles. The fraction of sp³-hybridized carbons (Fsp3) is 0.474. The maximum atomic E-state index is 12.1. The molecule has 136 valence electrons. The van der Waals surface area contributed by atoms with Crippen molar-refractivity contribution >= 4 is 11.9 Å². The first kappa shape index (κ1) is 18.8. The van der Waals surface area contributed by atoms with E-state index in [4.69, 9.17) is 14.2 Å². The molecule has 0 fully saturated rings. The van der Waals surface area contributed by atoms with Gasteiger partial charge in [0.05, 0.1) is 19.8 Å². The van der Waals surface area contributed by atoms with Gasteiger partial charge in [-0.25, -0.2) is 4.79 Å². The zero-order valence-corrected chi connectivity index (χ0v) is 14.8. The first-order valence-corrected chi connectivity index (χ1v) is 8.47. The number of allylic oxidation sites excluding steroid dienone is 1. The number of amides is 1. The Kier molecular flexibility index (Phi) is 7.32. The average Bonchev–Trinajstić information content (AvgIpc) is 2.66. The van der Waals surface area contributed by atoms with Crippen LogP contribution in [-0.4, -0.2) is 39.2 Å². The fourth-order valence-corrected chi connectivity index (χ4v) is 2.68. The molecular formula is C19H25NO5. The molecule has 0 unspecified atom stereocenters. The van der Waals surface area contributed by atoms with Crippen LogP contribution in [0, 0.1) is 0 Å². The maximum Gasteiger partial charge on any atom is 0.338 e. The minimum atomic E-state index is -0.595. The van der Waals surface area contributed by atoms with E-state index in [1.54, 1.807) is 6.07 Å². The van der Waals surface area contributed by atoms with Crippen molar-refractivity contribution in [3.8, 4) is 11.5 Å². The van der Waals surface area contributed by atoms with Gasteiger partial charge < -0.3 is 19.5 Å². The van der Waals surface area contributed by atoms with Crippen molar-refractivity contribution in [3.63, 3.8) is 0 Å². The van der Waals surface area contributed by atoms with Crippen molar-refractivity contribution in [1.82, 2.24) is 5.32 Å². The molecule has 6 nitrogen and oxygen atoms in total. The van der Waals surface area contributed by atoms with E-state index in [9.17, 15) is 9.59 Å². The molecule has 0 aliphatic heterocycles. The second-order valence-corrected chi connectivity index (χ2v) is 5.89. The highest BCUT2D eigenvalue weighted by molar-refractivity contribution is 5.92. The first-order valence-electron chi connectivity index (χ1n) is 8.47. The van der Waals surface area contributed by atoms with Gasteiger partial charge in [-0.3, -0.25) is 4.79 Å². The zero-order valence-electron chi connectivity index (χ0n) is 14.8. The van der Waals surface area contributed by atoms with Crippen LogP contribution in [0.2, 0.25) is 0 Å². The molecular weight excluding hydrogens is 322 g/mol. The van der Waals surface area contributed by atoms with Gasteiger partial charge >= 0.3 is 5.97 Å². The van der Waals surface area contributed by atoms with Crippen LogP contribution in [-0.2, 0) is 9.53 Å². The van der Waals surface area contributed by atoms with Crippen LogP contribution in [0.25, 0.3) is 0 Å². The molecule has 1 aromatic rings. The summed E-state index contributed by atoms with van der Waals surface area (Å²) in [7, 11) is 3.00. The van der Waals surface area contributed by atoms with Crippen molar-refractivity contribution in [3.05, 3.63) is 35.4 Å². The number of benzene rings is 1. The monoisotopic (exact) mass is 347 g/mol. The number of hydrogen-bond donors (Lipinski definition) is 1. The van der Waals surface area contributed by atoms with Crippen molar-refractivity contribution in [2.45, 2.75) is 32.1 Å². The van der Waals surface area contributed by atoms with Crippen molar-refractivity contribution < 1.29 is 23.8 Å². The predicted molar refractivity (Wildman–Crippen MR) is 94.0 cm³/mol. The SMILES string of the molecule is COc1cc(OC)cc(C(=O)OCC(=O)NCCC2=CCCCC2)c1. The topological polar surface area (TPSA) is 73.9 Å². The Hall–Kier alpha value is -2.50. The van der Waals surface area contributed by atoms with E-state index in [-0.39, 0.29) is 18.1 Å². The summed E-state index contributed by atoms with van der Waals surface area (Å²) in [6.07, 6.45) is 7.83. The molecule has 2 rings (SSSR count). The molecule has 0 saturated carbocycles. The Morgan fingerprint density at radius 1 is 1.08 bits per heavy atom. The molecule has 1 N–H and O–H groups in total. The Bertz CT molecular complexity index is 616. The van der Waals surface area contributed by atoms with Gasteiger partial charge in [0.25, 0.3) is 5.91 Å². The lowest BCUT2D eigenvalue weighted by Gasteiger charge is -2.13. The summed E-state index contributed by atoms with van der Waals surface area (Å²) in [5.74, 6) is 0.0648. The van der Waals surface area contributed by atoms with Crippen LogP contribution in [0.1, 0.15) is 42.5 Å². The lowest BCUT2D eigenvalue weighted by molar-refractivity contribution is -0.124. The lowest BCUT2D eigenvalue weighted by atomic mass is 9.97. The Morgan fingerprint density at radius 3 is 2.40 bits per heavy atom.